The topological polar surface area (TPSA) is 80.8 Å². The third kappa shape index (κ3) is 3.16. The number of Topliss-reactive ketones (excluding diaryl/α,β-unsaturated/α-hetero) is 1. The van der Waals surface area contributed by atoms with Crippen LogP contribution in [0.5, 0.6) is 0 Å². The maximum Gasteiger partial charge on any atom is 0.338 e. The van der Waals surface area contributed by atoms with Crippen LogP contribution in [0, 0.1) is 29.5 Å². The summed E-state index contributed by atoms with van der Waals surface area (Å²) in [6, 6.07) is 11.1. The van der Waals surface area contributed by atoms with Crippen molar-refractivity contribution < 1.29 is 28.3 Å². The molecule has 1 heterocycles. The Hall–Kier alpha value is -3.61. The summed E-state index contributed by atoms with van der Waals surface area (Å²) in [6.07, 6.45) is 2.95. The molecule has 3 aliphatic rings. The third-order valence-electron chi connectivity index (χ3n) is 6.72. The summed E-state index contributed by atoms with van der Waals surface area (Å²) in [5.74, 6) is -2.60. The first-order chi connectivity index (χ1) is 15.3. The van der Waals surface area contributed by atoms with Crippen molar-refractivity contribution in [1.29, 1.82) is 0 Å². The van der Waals surface area contributed by atoms with E-state index >= 15 is 0 Å². The number of hydrogen-bond acceptors (Lipinski definition) is 5. The van der Waals surface area contributed by atoms with E-state index in [1.807, 2.05) is 6.92 Å². The number of carbonyl (C=O) groups is 4. The van der Waals surface area contributed by atoms with Crippen LogP contribution in [0.1, 0.15) is 34.1 Å². The van der Waals surface area contributed by atoms with Crippen molar-refractivity contribution in [3.8, 4) is 0 Å². The highest BCUT2D eigenvalue weighted by molar-refractivity contribution is 6.23. The van der Waals surface area contributed by atoms with E-state index in [9.17, 15) is 23.6 Å². The van der Waals surface area contributed by atoms with Gasteiger partial charge in [-0.25, -0.2) is 14.1 Å². The molecule has 1 aliphatic heterocycles. The number of carbonyl (C=O) groups excluding carboxylic acids is 4. The van der Waals surface area contributed by atoms with E-state index in [2.05, 4.69) is 6.08 Å². The Morgan fingerprint density at radius 2 is 1.75 bits per heavy atom. The van der Waals surface area contributed by atoms with Crippen LogP contribution in [0.15, 0.2) is 60.2 Å². The molecule has 0 aromatic heterocycles. The molecule has 2 amide bonds. The van der Waals surface area contributed by atoms with Crippen LogP contribution in [-0.2, 0) is 14.3 Å². The summed E-state index contributed by atoms with van der Waals surface area (Å²) in [4.78, 5) is 52.0. The molecule has 4 atom stereocenters. The van der Waals surface area contributed by atoms with E-state index in [-0.39, 0.29) is 46.6 Å². The lowest BCUT2D eigenvalue weighted by molar-refractivity contribution is -0.123. The van der Waals surface area contributed by atoms with Gasteiger partial charge in [-0.2, -0.15) is 0 Å². The van der Waals surface area contributed by atoms with Gasteiger partial charge >= 0.3 is 5.97 Å². The third-order valence-corrected chi connectivity index (χ3v) is 6.72. The highest BCUT2D eigenvalue weighted by Gasteiger charge is 2.60. The standard InChI is InChI=1S/C25H20FNO5/c1-13-9-16-11-19(13)22-21(16)23(29)27(24(22)30)18-4-2-3-15(10-18)25(31)32-12-20(28)14-5-7-17(26)8-6-14/h2-10,16,19,21-22H,11-12H2,1H3/t16-,19+,21-,22-/m0/s1. The fraction of sp³-hybridized carbons (Fsp3) is 0.280. The number of halogens is 1. The fourth-order valence-corrected chi connectivity index (χ4v) is 5.23. The van der Waals surface area contributed by atoms with E-state index in [1.54, 1.807) is 12.1 Å². The number of hydrogen-bond donors (Lipinski definition) is 0. The van der Waals surface area contributed by atoms with Crippen molar-refractivity contribution in [2.75, 3.05) is 11.5 Å². The second-order valence-electron chi connectivity index (χ2n) is 8.54. The van der Waals surface area contributed by atoms with Gasteiger partial charge in [-0.3, -0.25) is 14.4 Å². The number of nitrogens with zero attached hydrogens (tertiary/aromatic N) is 1. The molecule has 2 aromatic rings. The highest BCUT2D eigenvalue weighted by atomic mass is 19.1. The van der Waals surface area contributed by atoms with Crippen molar-refractivity contribution in [3.63, 3.8) is 0 Å². The quantitative estimate of drug-likeness (QED) is 0.312. The van der Waals surface area contributed by atoms with Crippen molar-refractivity contribution >= 4 is 29.3 Å². The second-order valence-corrected chi connectivity index (χ2v) is 8.54. The SMILES string of the molecule is CC1=C[C@H]2C[C@H]1[C@@H]1C(=O)N(c3cccc(C(=O)OCC(=O)c4ccc(F)cc4)c3)C(=O)[C@H]12. The van der Waals surface area contributed by atoms with Gasteiger partial charge in [0.2, 0.25) is 11.8 Å². The van der Waals surface area contributed by atoms with E-state index in [0.717, 1.165) is 18.6 Å². The van der Waals surface area contributed by atoms with Gasteiger partial charge in [-0.1, -0.05) is 17.7 Å². The Labute approximate surface area is 183 Å². The minimum Gasteiger partial charge on any atom is -0.454 e. The van der Waals surface area contributed by atoms with Crippen molar-refractivity contribution in [2.24, 2.45) is 23.7 Å². The zero-order valence-corrected chi connectivity index (χ0v) is 17.3. The molecule has 2 aromatic carbocycles. The maximum atomic E-state index is 13.1. The van der Waals surface area contributed by atoms with Crippen LogP contribution in [0.4, 0.5) is 10.1 Å². The maximum absolute atomic E-state index is 13.1. The number of imide groups is 1. The van der Waals surface area contributed by atoms with Crippen LogP contribution < -0.4 is 4.90 Å². The van der Waals surface area contributed by atoms with Gasteiger partial charge in [-0.15, -0.1) is 0 Å². The van der Waals surface area contributed by atoms with E-state index in [4.69, 9.17) is 4.74 Å². The Morgan fingerprint density at radius 1 is 1.03 bits per heavy atom. The molecular weight excluding hydrogens is 413 g/mol. The predicted molar refractivity (Wildman–Crippen MR) is 112 cm³/mol. The molecule has 0 N–H and O–H groups in total. The molecular formula is C25H20FNO5. The Balaban J connectivity index is 1.30. The summed E-state index contributed by atoms with van der Waals surface area (Å²) >= 11 is 0. The molecule has 0 unspecified atom stereocenters. The van der Waals surface area contributed by atoms with Crippen LogP contribution in [0.2, 0.25) is 0 Å². The number of ketones is 1. The van der Waals surface area contributed by atoms with Gasteiger partial charge in [0.15, 0.2) is 12.4 Å². The van der Waals surface area contributed by atoms with E-state index in [0.29, 0.717) is 5.69 Å². The number of esters is 1. The summed E-state index contributed by atoms with van der Waals surface area (Å²) in [5.41, 5.74) is 1.85. The highest BCUT2D eigenvalue weighted by Crippen LogP contribution is 2.55. The Kier molecular flexibility index (Phi) is 4.77. The van der Waals surface area contributed by atoms with E-state index in [1.165, 1.54) is 34.7 Å². The largest absolute Gasteiger partial charge is 0.454 e. The molecule has 6 nitrogen and oxygen atoms in total. The zero-order valence-electron chi connectivity index (χ0n) is 17.3. The van der Waals surface area contributed by atoms with Crippen molar-refractivity contribution in [1.82, 2.24) is 0 Å². The smallest absolute Gasteiger partial charge is 0.338 e. The molecule has 2 bridgehead atoms. The zero-order chi connectivity index (χ0) is 22.6. The summed E-state index contributed by atoms with van der Waals surface area (Å²) in [6.45, 7) is 1.50. The average Bonchev–Trinajstić information content (AvgIpc) is 3.42. The number of ether oxygens (including phenoxy) is 1. The molecule has 0 spiro atoms. The molecule has 5 rings (SSSR count). The number of fused-ring (bicyclic) bond motifs is 5. The van der Waals surface area contributed by atoms with Crippen LogP contribution in [0.3, 0.4) is 0 Å². The molecule has 0 radical (unpaired) electrons. The van der Waals surface area contributed by atoms with Crippen LogP contribution >= 0.6 is 0 Å². The minimum absolute atomic E-state index is 0.0945. The van der Waals surface area contributed by atoms with Gasteiger partial charge in [0, 0.05) is 5.56 Å². The molecule has 1 saturated carbocycles. The van der Waals surface area contributed by atoms with Crippen LogP contribution in [0.25, 0.3) is 0 Å². The molecule has 2 aliphatic carbocycles. The van der Waals surface area contributed by atoms with Gasteiger partial charge in [-0.05, 0) is 67.6 Å². The van der Waals surface area contributed by atoms with Crippen molar-refractivity contribution in [3.05, 3.63) is 77.1 Å². The van der Waals surface area contributed by atoms with Gasteiger partial charge < -0.3 is 4.74 Å². The Morgan fingerprint density at radius 3 is 2.50 bits per heavy atom. The number of allylic oxidation sites excluding steroid dienone is 2. The Bertz CT molecular complexity index is 1190. The average molecular weight is 433 g/mol. The molecule has 2 fully saturated rings. The summed E-state index contributed by atoms with van der Waals surface area (Å²) in [7, 11) is 0. The van der Waals surface area contributed by atoms with Crippen LogP contribution in [-0.4, -0.2) is 30.2 Å². The first-order valence-corrected chi connectivity index (χ1v) is 10.5. The lowest BCUT2D eigenvalue weighted by Gasteiger charge is -2.19. The fourth-order valence-electron chi connectivity index (χ4n) is 5.23. The number of rotatable bonds is 5. The summed E-state index contributed by atoms with van der Waals surface area (Å²) < 4.78 is 18.1. The normalized spacial score (nSPS) is 25.7. The first kappa shape index (κ1) is 20.3. The predicted octanol–water partition coefficient (Wildman–Crippen LogP) is 3.57. The first-order valence-electron chi connectivity index (χ1n) is 10.5. The molecule has 7 heteroatoms. The number of benzene rings is 2. The van der Waals surface area contributed by atoms with Gasteiger partial charge in [0.25, 0.3) is 0 Å². The minimum atomic E-state index is -0.751. The van der Waals surface area contributed by atoms with Crippen molar-refractivity contribution in [2.45, 2.75) is 13.3 Å². The second kappa shape index (κ2) is 7.51. The molecule has 162 valence electrons. The number of anilines is 1. The van der Waals surface area contributed by atoms with Gasteiger partial charge in [0.05, 0.1) is 23.1 Å². The number of amides is 2. The summed E-state index contributed by atoms with van der Waals surface area (Å²) in [5, 5.41) is 0. The monoisotopic (exact) mass is 433 g/mol. The molecule has 1 saturated heterocycles. The lowest BCUT2D eigenvalue weighted by Crippen LogP contribution is -2.33. The van der Waals surface area contributed by atoms with Gasteiger partial charge in [0.1, 0.15) is 5.82 Å². The molecule has 32 heavy (non-hydrogen) atoms. The van der Waals surface area contributed by atoms with E-state index < -0.39 is 24.2 Å². The lowest BCUT2D eigenvalue weighted by atomic mass is 9.82.